The lowest BCUT2D eigenvalue weighted by Gasteiger charge is -2.10. The molecule has 1 heterocycles. The van der Waals surface area contributed by atoms with Crippen molar-refractivity contribution in [2.24, 2.45) is 0 Å². The molecule has 0 aliphatic carbocycles. The van der Waals surface area contributed by atoms with E-state index in [9.17, 15) is 22.4 Å². The Morgan fingerprint density at radius 2 is 1.89 bits per heavy atom. The molecule has 1 aromatic heterocycles. The van der Waals surface area contributed by atoms with E-state index in [1.165, 1.54) is 0 Å². The summed E-state index contributed by atoms with van der Waals surface area (Å²) in [5.41, 5.74) is -2.06. The Morgan fingerprint density at radius 3 is 2.42 bits per heavy atom. The van der Waals surface area contributed by atoms with Crippen LogP contribution in [-0.2, 0) is 6.18 Å². The first kappa shape index (κ1) is 13.7. The number of aromatic nitrogens is 1. The summed E-state index contributed by atoms with van der Waals surface area (Å²) in [6.45, 7) is 0. The van der Waals surface area contributed by atoms with Crippen LogP contribution in [0.3, 0.4) is 0 Å². The van der Waals surface area contributed by atoms with Crippen molar-refractivity contribution in [3.8, 4) is 0 Å². The first-order valence-electron chi connectivity index (χ1n) is 4.80. The van der Waals surface area contributed by atoms with E-state index in [4.69, 9.17) is 5.11 Å². The number of fused-ring (bicyclic) bond motifs is 1. The Kier molecular flexibility index (Phi) is 3.21. The smallest absolute Gasteiger partial charge is 0.433 e. The predicted molar refractivity (Wildman–Crippen MR) is 61.4 cm³/mol. The predicted octanol–water partition coefficient (Wildman–Crippen LogP) is 3.85. The fourth-order valence-corrected chi connectivity index (χ4v) is 2.23. The van der Waals surface area contributed by atoms with E-state index in [1.54, 1.807) is 0 Å². The molecule has 1 N–H and O–H groups in total. The standard InChI is InChI=1S/C11H4BrF4NO2/c12-6-3-8(11(14,15)16)17-7-2-4(13)1-5(9(6)7)10(18)19/h1-3H,(H,18,19). The number of hydrogen-bond acceptors (Lipinski definition) is 2. The van der Waals surface area contributed by atoms with Crippen LogP contribution >= 0.6 is 15.9 Å². The number of alkyl halides is 3. The maximum Gasteiger partial charge on any atom is 0.433 e. The van der Waals surface area contributed by atoms with Gasteiger partial charge >= 0.3 is 12.1 Å². The summed E-state index contributed by atoms with van der Waals surface area (Å²) < 4.78 is 50.8. The number of hydrogen-bond donors (Lipinski definition) is 1. The summed E-state index contributed by atoms with van der Waals surface area (Å²) >= 11 is 2.86. The SMILES string of the molecule is O=C(O)c1cc(F)cc2nc(C(F)(F)F)cc(Br)c12. The zero-order chi connectivity index (χ0) is 14.4. The molecule has 0 radical (unpaired) electrons. The molecule has 1 aromatic carbocycles. The Hall–Kier alpha value is -1.70. The van der Waals surface area contributed by atoms with Gasteiger partial charge < -0.3 is 5.11 Å². The molecule has 0 spiro atoms. The van der Waals surface area contributed by atoms with Gasteiger partial charge in [0, 0.05) is 15.9 Å². The Labute approximate surface area is 112 Å². The zero-order valence-corrected chi connectivity index (χ0v) is 10.5. The number of pyridine rings is 1. The van der Waals surface area contributed by atoms with E-state index in [0.29, 0.717) is 6.07 Å². The maximum atomic E-state index is 13.2. The van der Waals surface area contributed by atoms with Crippen molar-refractivity contribution in [2.45, 2.75) is 6.18 Å². The summed E-state index contributed by atoms with van der Waals surface area (Å²) in [5, 5.41) is 8.84. The molecule has 0 unspecified atom stereocenters. The zero-order valence-electron chi connectivity index (χ0n) is 8.92. The number of halogens is 5. The van der Waals surface area contributed by atoms with E-state index in [1.807, 2.05) is 0 Å². The normalized spacial score (nSPS) is 11.8. The van der Waals surface area contributed by atoms with Gasteiger partial charge in [-0.25, -0.2) is 14.2 Å². The average Bonchev–Trinajstić information content (AvgIpc) is 2.25. The van der Waals surface area contributed by atoms with Crippen LogP contribution in [0.5, 0.6) is 0 Å². The van der Waals surface area contributed by atoms with Crippen molar-refractivity contribution in [3.05, 3.63) is 39.7 Å². The summed E-state index contributed by atoms with van der Waals surface area (Å²) in [7, 11) is 0. The van der Waals surface area contributed by atoms with Crippen molar-refractivity contribution in [3.63, 3.8) is 0 Å². The van der Waals surface area contributed by atoms with E-state index >= 15 is 0 Å². The molecule has 0 saturated carbocycles. The van der Waals surface area contributed by atoms with Crippen molar-refractivity contribution in [1.29, 1.82) is 0 Å². The molecule has 0 amide bonds. The van der Waals surface area contributed by atoms with Crippen LogP contribution in [0.1, 0.15) is 16.1 Å². The fourth-order valence-electron chi connectivity index (χ4n) is 1.60. The highest BCUT2D eigenvalue weighted by molar-refractivity contribution is 9.10. The van der Waals surface area contributed by atoms with E-state index in [0.717, 1.165) is 12.1 Å². The molecule has 0 aliphatic heterocycles. The summed E-state index contributed by atoms with van der Waals surface area (Å²) in [4.78, 5) is 14.2. The largest absolute Gasteiger partial charge is 0.478 e. The second-order valence-electron chi connectivity index (χ2n) is 3.64. The minimum atomic E-state index is -4.70. The molecule has 100 valence electrons. The maximum absolute atomic E-state index is 13.2. The van der Waals surface area contributed by atoms with Gasteiger partial charge in [0.25, 0.3) is 0 Å². The highest BCUT2D eigenvalue weighted by atomic mass is 79.9. The van der Waals surface area contributed by atoms with E-state index in [-0.39, 0.29) is 15.4 Å². The highest BCUT2D eigenvalue weighted by Gasteiger charge is 2.33. The van der Waals surface area contributed by atoms with E-state index in [2.05, 4.69) is 20.9 Å². The molecule has 2 aromatic rings. The summed E-state index contributed by atoms with van der Waals surface area (Å²) in [6.07, 6.45) is -4.70. The number of benzene rings is 1. The lowest BCUT2D eigenvalue weighted by molar-refractivity contribution is -0.141. The minimum absolute atomic E-state index is 0.0816. The number of nitrogens with zero attached hydrogens (tertiary/aromatic N) is 1. The molecule has 3 nitrogen and oxygen atoms in total. The molecular weight excluding hydrogens is 334 g/mol. The molecular formula is C11H4BrF4NO2. The van der Waals surface area contributed by atoms with Gasteiger partial charge in [-0.2, -0.15) is 13.2 Å². The molecule has 0 atom stereocenters. The molecule has 0 fully saturated rings. The lowest BCUT2D eigenvalue weighted by Crippen LogP contribution is -2.09. The van der Waals surface area contributed by atoms with E-state index < -0.39 is 29.2 Å². The van der Waals surface area contributed by atoms with Crippen LogP contribution in [0, 0.1) is 5.82 Å². The van der Waals surface area contributed by atoms with Gasteiger partial charge in [-0.3, -0.25) is 0 Å². The van der Waals surface area contributed by atoms with Gasteiger partial charge in [-0.1, -0.05) is 0 Å². The number of carboxylic acids is 1. The van der Waals surface area contributed by atoms with Gasteiger partial charge in [0.1, 0.15) is 11.5 Å². The number of carbonyl (C=O) groups is 1. The number of carboxylic acid groups (broad SMARTS) is 1. The lowest BCUT2D eigenvalue weighted by atomic mass is 10.1. The van der Waals surface area contributed by atoms with Crippen LogP contribution in [-0.4, -0.2) is 16.1 Å². The second kappa shape index (κ2) is 4.44. The third-order valence-corrected chi connectivity index (χ3v) is 2.97. The molecule has 0 saturated heterocycles. The Balaban J connectivity index is 2.87. The fraction of sp³-hybridized carbons (Fsp3) is 0.0909. The quantitative estimate of drug-likeness (QED) is 0.804. The minimum Gasteiger partial charge on any atom is -0.478 e. The van der Waals surface area contributed by atoms with Gasteiger partial charge in [0.2, 0.25) is 0 Å². The van der Waals surface area contributed by atoms with Crippen LogP contribution in [0.2, 0.25) is 0 Å². The van der Waals surface area contributed by atoms with Crippen molar-refractivity contribution < 1.29 is 27.5 Å². The molecule has 2 rings (SSSR count). The summed E-state index contributed by atoms with van der Waals surface area (Å²) in [6, 6.07) is 2.14. The van der Waals surface area contributed by atoms with Crippen molar-refractivity contribution in [2.75, 3.05) is 0 Å². The van der Waals surface area contributed by atoms with Gasteiger partial charge in [-0.15, -0.1) is 0 Å². The number of aromatic carboxylic acids is 1. The number of rotatable bonds is 1. The van der Waals surface area contributed by atoms with Crippen LogP contribution in [0.15, 0.2) is 22.7 Å². The van der Waals surface area contributed by atoms with Crippen molar-refractivity contribution >= 4 is 32.8 Å². The molecule has 0 aliphatic rings. The average molecular weight is 338 g/mol. The van der Waals surface area contributed by atoms with Crippen LogP contribution in [0.25, 0.3) is 10.9 Å². The monoisotopic (exact) mass is 337 g/mol. The third kappa shape index (κ3) is 2.53. The van der Waals surface area contributed by atoms with Crippen LogP contribution < -0.4 is 0 Å². The topological polar surface area (TPSA) is 50.2 Å². The van der Waals surface area contributed by atoms with Gasteiger partial charge in [-0.05, 0) is 28.1 Å². The van der Waals surface area contributed by atoms with Gasteiger partial charge in [0.15, 0.2) is 0 Å². The molecule has 8 heteroatoms. The van der Waals surface area contributed by atoms with Crippen LogP contribution in [0.4, 0.5) is 17.6 Å². The molecule has 0 bridgehead atoms. The molecule has 19 heavy (non-hydrogen) atoms. The highest BCUT2D eigenvalue weighted by Crippen LogP contribution is 2.34. The third-order valence-electron chi connectivity index (χ3n) is 2.35. The second-order valence-corrected chi connectivity index (χ2v) is 4.49. The summed E-state index contributed by atoms with van der Waals surface area (Å²) in [5.74, 6) is -2.42. The Morgan fingerprint density at radius 1 is 1.26 bits per heavy atom. The first-order valence-corrected chi connectivity index (χ1v) is 5.59. The Bertz CT molecular complexity index is 684. The first-order chi connectivity index (χ1) is 8.70. The van der Waals surface area contributed by atoms with Crippen molar-refractivity contribution in [1.82, 2.24) is 4.98 Å². The van der Waals surface area contributed by atoms with Gasteiger partial charge in [0.05, 0.1) is 11.1 Å².